The molecule has 0 aliphatic rings. The Morgan fingerprint density at radius 1 is 0.955 bits per heavy atom. The van der Waals surface area contributed by atoms with Gasteiger partial charge in [0.25, 0.3) is 0 Å². The Kier molecular flexibility index (Phi) is 6.86. The van der Waals surface area contributed by atoms with Crippen molar-refractivity contribution < 1.29 is 0 Å². The molecule has 0 saturated carbocycles. The van der Waals surface area contributed by atoms with E-state index in [1.807, 2.05) is 25.0 Å². The molecule has 0 fully saturated rings. The minimum atomic E-state index is 0.309. The third-order valence-electron chi connectivity index (χ3n) is 2.56. The van der Waals surface area contributed by atoms with E-state index in [9.17, 15) is 0 Å². The van der Waals surface area contributed by atoms with Gasteiger partial charge in [-0.3, -0.25) is 0 Å². The Labute approximate surface area is 150 Å². The van der Waals surface area contributed by atoms with E-state index >= 15 is 0 Å². The Bertz CT molecular complexity index is 573. The van der Waals surface area contributed by atoms with Crippen LogP contribution in [0.15, 0.2) is 34.3 Å². The molecular weight excluding hydrogens is 408 g/mol. The van der Waals surface area contributed by atoms with Gasteiger partial charge in [-0.1, -0.05) is 41.5 Å². The molecule has 0 bridgehead atoms. The summed E-state index contributed by atoms with van der Waals surface area (Å²) in [5.41, 5.74) is 0.628. The number of aromatic nitrogens is 4. The Morgan fingerprint density at radius 2 is 1.55 bits per heavy atom. The number of hydrogen-bond donors (Lipinski definition) is 0. The van der Waals surface area contributed by atoms with E-state index < -0.39 is 0 Å². The van der Waals surface area contributed by atoms with Gasteiger partial charge in [-0.05, 0) is 42.7 Å². The zero-order valence-corrected chi connectivity index (χ0v) is 17.4. The molecule has 2 aromatic heterocycles. The van der Waals surface area contributed by atoms with E-state index in [0.29, 0.717) is 10.8 Å². The third kappa shape index (κ3) is 8.13. The van der Waals surface area contributed by atoms with Gasteiger partial charge < -0.3 is 9.13 Å². The van der Waals surface area contributed by atoms with Crippen LogP contribution in [0, 0.1) is 10.8 Å². The monoisotopic (exact) mass is 432 g/mol. The van der Waals surface area contributed by atoms with Crippen LogP contribution >= 0.6 is 31.9 Å². The van der Waals surface area contributed by atoms with Crippen molar-refractivity contribution in [2.45, 2.75) is 54.6 Å². The summed E-state index contributed by atoms with van der Waals surface area (Å²) in [4.78, 5) is 8.10. The summed E-state index contributed by atoms with van der Waals surface area (Å²) in [6.07, 6.45) is 7.49. The van der Waals surface area contributed by atoms with E-state index in [2.05, 4.69) is 92.5 Å². The van der Waals surface area contributed by atoms with Crippen LogP contribution in [0.2, 0.25) is 0 Å². The molecule has 0 radical (unpaired) electrons. The number of imidazole rings is 2. The molecule has 4 nitrogen and oxygen atoms in total. The van der Waals surface area contributed by atoms with Gasteiger partial charge in [-0.15, -0.1) is 0 Å². The fourth-order valence-corrected chi connectivity index (χ4v) is 2.59. The van der Waals surface area contributed by atoms with Gasteiger partial charge in [-0.2, -0.15) is 0 Å². The average Bonchev–Trinajstić information content (AvgIpc) is 2.86. The molecule has 2 rings (SSSR count). The molecule has 0 aliphatic carbocycles. The van der Waals surface area contributed by atoms with Gasteiger partial charge in [0.15, 0.2) is 0 Å². The number of halogens is 2. The van der Waals surface area contributed by atoms with Crippen LogP contribution in [0.5, 0.6) is 0 Å². The molecule has 0 amide bonds. The first kappa shape index (κ1) is 19.4. The molecular formula is C16H26Br2N4. The number of nitrogens with zero attached hydrogens (tertiary/aromatic N) is 4. The van der Waals surface area contributed by atoms with Crippen LogP contribution in [0.4, 0.5) is 0 Å². The van der Waals surface area contributed by atoms with Crippen molar-refractivity contribution in [3.63, 3.8) is 0 Å². The lowest BCUT2D eigenvalue weighted by Crippen LogP contribution is -2.14. The molecule has 124 valence electrons. The van der Waals surface area contributed by atoms with Gasteiger partial charge in [0.05, 0.1) is 18.9 Å². The standard InChI is InChI=1S/2C8H13BrN2/c1-8(2,3)5-11-4-7(9)10-6-11;1-8(2,3)5-11-6-10-4-7(11)9/h2*4,6H,5H2,1-3H3. The predicted octanol–water partition coefficient (Wildman–Crippen LogP) is 5.38. The summed E-state index contributed by atoms with van der Waals surface area (Å²) in [6.45, 7) is 15.3. The maximum Gasteiger partial charge on any atom is 0.124 e. The summed E-state index contributed by atoms with van der Waals surface area (Å²) in [5, 5.41) is 0. The fourth-order valence-electron chi connectivity index (χ4n) is 1.90. The topological polar surface area (TPSA) is 35.6 Å². The lowest BCUT2D eigenvalue weighted by Gasteiger charge is -2.18. The molecule has 0 unspecified atom stereocenters. The van der Waals surface area contributed by atoms with E-state index in [-0.39, 0.29) is 0 Å². The quantitative estimate of drug-likeness (QED) is 0.636. The highest BCUT2D eigenvalue weighted by atomic mass is 79.9. The predicted molar refractivity (Wildman–Crippen MR) is 98.8 cm³/mol. The number of hydrogen-bond acceptors (Lipinski definition) is 2. The van der Waals surface area contributed by atoms with Gasteiger partial charge in [0.1, 0.15) is 9.21 Å². The smallest absolute Gasteiger partial charge is 0.124 e. The van der Waals surface area contributed by atoms with Crippen molar-refractivity contribution in [1.82, 2.24) is 19.1 Å². The maximum absolute atomic E-state index is 4.08. The van der Waals surface area contributed by atoms with Crippen LogP contribution in [-0.2, 0) is 13.1 Å². The highest BCUT2D eigenvalue weighted by molar-refractivity contribution is 9.10. The zero-order valence-electron chi connectivity index (χ0n) is 14.3. The Hall–Kier alpha value is -0.620. The first-order valence-electron chi connectivity index (χ1n) is 7.29. The zero-order chi connectivity index (χ0) is 17.0. The van der Waals surface area contributed by atoms with Crippen LogP contribution in [0.1, 0.15) is 41.5 Å². The summed E-state index contributed by atoms with van der Waals surface area (Å²) >= 11 is 6.73. The minimum absolute atomic E-state index is 0.309. The van der Waals surface area contributed by atoms with E-state index in [4.69, 9.17) is 0 Å². The molecule has 0 atom stereocenters. The van der Waals surface area contributed by atoms with Crippen molar-refractivity contribution in [1.29, 1.82) is 0 Å². The summed E-state index contributed by atoms with van der Waals surface area (Å²) in [7, 11) is 0. The normalized spacial score (nSPS) is 12.0. The van der Waals surface area contributed by atoms with Crippen molar-refractivity contribution in [3.8, 4) is 0 Å². The van der Waals surface area contributed by atoms with E-state index in [1.165, 1.54) is 0 Å². The second kappa shape index (κ2) is 7.77. The largest absolute Gasteiger partial charge is 0.336 e. The average molecular weight is 434 g/mol. The third-order valence-corrected chi connectivity index (χ3v) is 3.63. The van der Waals surface area contributed by atoms with Crippen molar-refractivity contribution >= 4 is 31.9 Å². The molecule has 0 aliphatic heterocycles. The summed E-state index contributed by atoms with van der Waals surface area (Å²) in [5.74, 6) is 0. The van der Waals surface area contributed by atoms with Crippen LogP contribution in [0.25, 0.3) is 0 Å². The van der Waals surface area contributed by atoms with Gasteiger partial charge >= 0.3 is 0 Å². The van der Waals surface area contributed by atoms with Crippen molar-refractivity contribution in [3.05, 3.63) is 34.3 Å². The lowest BCUT2D eigenvalue weighted by atomic mass is 9.97. The lowest BCUT2D eigenvalue weighted by molar-refractivity contribution is 0.340. The second-order valence-corrected chi connectivity index (χ2v) is 9.46. The van der Waals surface area contributed by atoms with Crippen LogP contribution in [0.3, 0.4) is 0 Å². The SMILES string of the molecule is CC(C)(C)Cn1cnc(Br)c1.CC(C)(C)Cn1cncc1Br. The minimum Gasteiger partial charge on any atom is -0.336 e. The van der Waals surface area contributed by atoms with Gasteiger partial charge in [0, 0.05) is 19.3 Å². The molecule has 0 saturated heterocycles. The van der Waals surface area contributed by atoms with E-state index in [1.54, 1.807) is 0 Å². The van der Waals surface area contributed by atoms with Crippen molar-refractivity contribution in [2.75, 3.05) is 0 Å². The highest BCUT2D eigenvalue weighted by Gasteiger charge is 2.12. The van der Waals surface area contributed by atoms with Crippen LogP contribution < -0.4 is 0 Å². The van der Waals surface area contributed by atoms with E-state index in [0.717, 1.165) is 22.3 Å². The van der Waals surface area contributed by atoms with Crippen molar-refractivity contribution in [2.24, 2.45) is 10.8 Å². The number of rotatable bonds is 2. The molecule has 0 N–H and O–H groups in total. The van der Waals surface area contributed by atoms with Crippen LogP contribution in [-0.4, -0.2) is 19.1 Å². The molecule has 22 heavy (non-hydrogen) atoms. The summed E-state index contributed by atoms with van der Waals surface area (Å²) < 4.78 is 6.14. The van der Waals surface area contributed by atoms with Gasteiger partial charge in [0.2, 0.25) is 0 Å². The van der Waals surface area contributed by atoms with Gasteiger partial charge in [-0.25, -0.2) is 9.97 Å². The molecule has 6 heteroatoms. The molecule has 0 aromatic carbocycles. The molecule has 0 spiro atoms. The Balaban J connectivity index is 0.000000220. The first-order valence-corrected chi connectivity index (χ1v) is 8.88. The summed E-state index contributed by atoms with van der Waals surface area (Å²) in [6, 6.07) is 0. The molecule has 2 heterocycles. The molecule has 2 aromatic rings. The second-order valence-electron chi connectivity index (χ2n) is 7.83. The highest BCUT2D eigenvalue weighted by Crippen LogP contribution is 2.19. The maximum atomic E-state index is 4.08. The first-order chi connectivity index (χ1) is 9.96. The fraction of sp³-hybridized carbons (Fsp3) is 0.625. The Morgan fingerprint density at radius 3 is 1.91 bits per heavy atom.